The smallest absolute Gasteiger partial charge is 0.416 e. The van der Waals surface area contributed by atoms with Crippen molar-refractivity contribution in [1.29, 1.82) is 0 Å². The van der Waals surface area contributed by atoms with Crippen LogP contribution in [0.3, 0.4) is 0 Å². The summed E-state index contributed by atoms with van der Waals surface area (Å²) in [7, 11) is 0. The van der Waals surface area contributed by atoms with E-state index in [4.69, 9.17) is 14.2 Å². The van der Waals surface area contributed by atoms with Crippen molar-refractivity contribution in [1.82, 2.24) is 0 Å². The highest BCUT2D eigenvalue weighted by Gasteiger charge is 2.50. The summed E-state index contributed by atoms with van der Waals surface area (Å²) < 4.78 is 56.6. The molecule has 0 amide bonds. The molecule has 2 fully saturated rings. The van der Waals surface area contributed by atoms with Gasteiger partial charge in [-0.3, -0.25) is 0 Å². The van der Waals surface area contributed by atoms with Crippen LogP contribution in [0.4, 0.5) is 13.2 Å². The fourth-order valence-electron chi connectivity index (χ4n) is 6.14. The van der Waals surface area contributed by atoms with Crippen LogP contribution in [-0.4, -0.2) is 53.8 Å². The van der Waals surface area contributed by atoms with Crippen LogP contribution in [0.15, 0.2) is 78.9 Å². The minimum absolute atomic E-state index is 0.0256. The fourth-order valence-corrected chi connectivity index (χ4v) is 6.14. The lowest BCUT2D eigenvalue weighted by molar-refractivity contribution is -0.137. The molecule has 1 aliphatic heterocycles. The summed E-state index contributed by atoms with van der Waals surface area (Å²) in [4.78, 5) is 13.1. The van der Waals surface area contributed by atoms with Crippen molar-refractivity contribution in [2.75, 3.05) is 13.2 Å². The number of aliphatic hydroxyl groups excluding tert-OH is 2. The Balaban J connectivity index is 1.20. The van der Waals surface area contributed by atoms with Crippen molar-refractivity contribution in [2.24, 2.45) is 11.8 Å². The van der Waals surface area contributed by atoms with E-state index in [0.29, 0.717) is 31.2 Å². The quantitative estimate of drug-likeness (QED) is 0.258. The third-order valence-corrected chi connectivity index (χ3v) is 8.25. The van der Waals surface area contributed by atoms with Gasteiger partial charge in [0, 0.05) is 18.9 Å². The minimum atomic E-state index is -4.48. The van der Waals surface area contributed by atoms with Gasteiger partial charge in [0.25, 0.3) is 0 Å². The Hall–Kier alpha value is -3.40. The number of halogens is 3. The topological polar surface area (TPSA) is 85.2 Å². The molecule has 0 spiro atoms. The van der Waals surface area contributed by atoms with Crippen molar-refractivity contribution < 1.29 is 42.4 Å². The summed E-state index contributed by atoms with van der Waals surface area (Å²) in [6.07, 6.45) is -3.35. The number of esters is 1. The molecule has 1 saturated carbocycles. The maximum Gasteiger partial charge on any atom is 0.416 e. The second-order valence-corrected chi connectivity index (χ2v) is 11.1. The van der Waals surface area contributed by atoms with Crippen LogP contribution in [0.5, 0.6) is 5.75 Å². The molecular formula is C33H35F3O6. The highest BCUT2D eigenvalue weighted by Crippen LogP contribution is 2.47. The first-order valence-electron chi connectivity index (χ1n) is 14.3. The Morgan fingerprint density at radius 2 is 1.69 bits per heavy atom. The monoisotopic (exact) mass is 584 g/mol. The van der Waals surface area contributed by atoms with Crippen LogP contribution < -0.4 is 4.74 Å². The van der Waals surface area contributed by atoms with Gasteiger partial charge in [0.2, 0.25) is 0 Å². The van der Waals surface area contributed by atoms with E-state index in [-0.39, 0.29) is 43.0 Å². The Morgan fingerprint density at radius 3 is 2.40 bits per heavy atom. The number of carbonyl (C=O) groups is 1. The maximum atomic E-state index is 13.1. The second kappa shape index (κ2) is 13.3. The first kappa shape index (κ1) is 30.1. The predicted molar refractivity (Wildman–Crippen MR) is 150 cm³/mol. The molecule has 3 aromatic carbocycles. The number of rotatable bonds is 11. The molecule has 2 unspecified atom stereocenters. The van der Waals surface area contributed by atoms with Crippen LogP contribution in [-0.2, 0) is 15.7 Å². The number of alkyl halides is 3. The third-order valence-electron chi connectivity index (χ3n) is 8.25. The van der Waals surface area contributed by atoms with Crippen molar-refractivity contribution in [3.63, 3.8) is 0 Å². The molecule has 1 aliphatic carbocycles. The number of hydrogen-bond donors (Lipinski definition) is 2. The summed E-state index contributed by atoms with van der Waals surface area (Å²) in [5.74, 6) is -0.360. The number of carbonyl (C=O) groups excluding carboxylic acids is 1. The van der Waals surface area contributed by atoms with E-state index < -0.39 is 29.9 Å². The van der Waals surface area contributed by atoms with Gasteiger partial charge in [-0.25, -0.2) is 4.79 Å². The standard InChI is InChI=1S/C33H35F3O6/c34-33(35,36)24-7-4-8-26(17-24)40-20-25(38)13-14-28-29-18-27(15-16-37)41-31(29)19-30(28)42-32(39)23-11-9-22(10-12-23)21-5-2-1-3-6-21/h1-12,17,25,27-31,37-38H,13-16,18-20H2/t25-,27?,28?,29-,30-,31+/m1/s1. The van der Waals surface area contributed by atoms with Crippen molar-refractivity contribution in [3.8, 4) is 16.9 Å². The van der Waals surface area contributed by atoms with Gasteiger partial charge in [-0.1, -0.05) is 48.5 Å². The van der Waals surface area contributed by atoms with E-state index in [1.807, 2.05) is 42.5 Å². The molecule has 2 aliphatic rings. The van der Waals surface area contributed by atoms with Crippen molar-refractivity contribution in [3.05, 3.63) is 90.0 Å². The molecule has 6 nitrogen and oxygen atoms in total. The number of ether oxygens (including phenoxy) is 3. The van der Waals surface area contributed by atoms with Crippen molar-refractivity contribution in [2.45, 2.75) is 62.7 Å². The van der Waals surface area contributed by atoms with Gasteiger partial charge in [0.15, 0.2) is 0 Å². The molecule has 1 heterocycles. The lowest BCUT2D eigenvalue weighted by Gasteiger charge is -2.25. The van der Waals surface area contributed by atoms with E-state index in [1.165, 1.54) is 12.1 Å². The molecule has 9 heteroatoms. The van der Waals surface area contributed by atoms with E-state index >= 15 is 0 Å². The molecule has 42 heavy (non-hydrogen) atoms. The van der Waals surface area contributed by atoms with Crippen LogP contribution >= 0.6 is 0 Å². The number of fused-ring (bicyclic) bond motifs is 1. The van der Waals surface area contributed by atoms with Crippen molar-refractivity contribution >= 4 is 5.97 Å². The maximum absolute atomic E-state index is 13.1. The summed E-state index contributed by atoms with van der Waals surface area (Å²) in [6, 6.07) is 21.7. The van der Waals surface area contributed by atoms with Crippen LogP contribution in [0.25, 0.3) is 11.1 Å². The van der Waals surface area contributed by atoms with E-state index in [1.54, 1.807) is 12.1 Å². The molecule has 6 atom stereocenters. The third kappa shape index (κ3) is 7.32. The van der Waals surface area contributed by atoms with Crippen LogP contribution in [0, 0.1) is 11.8 Å². The normalized spacial score (nSPS) is 24.3. The average Bonchev–Trinajstić information content (AvgIpc) is 3.52. The van der Waals surface area contributed by atoms with Gasteiger partial charge >= 0.3 is 12.1 Å². The van der Waals surface area contributed by atoms with Gasteiger partial charge in [0.1, 0.15) is 18.5 Å². The molecule has 0 aromatic heterocycles. The minimum Gasteiger partial charge on any atom is -0.491 e. The summed E-state index contributed by atoms with van der Waals surface area (Å²) in [6.45, 7) is -0.137. The van der Waals surface area contributed by atoms with Gasteiger partial charge in [-0.05, 0) is 73.1 Å². The SMILES string of the molecule is O=C(O[C@@H]1C[C@@H]2OC(CCO)C[C@@H]2C1CC[C@@H](O)COc1cccc(C(F)(F)F)c1)c1ccc(-c2ccccc2)cc1. The van der Waals surface area contributed by atoms with Crippen LogP contribution in [0.2, 0.25) is 0 Å². The van der Waals surface area contributed by atoms with E-state index in [2.05, 4.69) is 0 Å². The Labute approximate surface area is 243 Å². The fraction of sp³-hybridized carbons (Fsp3) is 0.424. The molecule has 0 radical (unpaired) electrons. The Bertz CT molecular complexity index is 1310. The summed E-state index contributed by atoms with van der Waals surface area (Å²) in [5, 5.41) is 20.0. The first-order valence-corrected chi connectivity index (χ1v) is 14.3. The van der Waals surface area contributed by atoms with Gasteiger partial charge < -0.3 is 24.4 Å². The number of benzene rings is 3. The Morgan fingerprint density at radius 1 is 0.952 bits per heavy atom. The number of hydrogen-bond acceptors (Lipinski definition) is 6. The molecule has 5 rings (SSSR count). The molecule has 224 valence electrons. The zero-order chi connectivity index (χ0) is 29.7. The largest absolute Gasteiger partial charge is 0.491 e. The molecule has 3 aromatic rings. The average molecular weight is 585 g/mol. The van der Waals surface area contributed by atoms with E-state index in [9.17, 15) is 28.2 Å². The second-order valence-electron chi connectivity index (χ2n) is 11.1. The van der Waals surface area contributed by atoms with Gasteiger partial charge in [-0.15, -0.1) is 0 Å². The van der Waals surface area contributed by atoms with Crippen LogP contribution in [0.1, 0.15) is 48.0 Å². The lowest BCUT2D eigenvalue weighted by atomic mass is 9.86. The number of aliphatic hydroxyl groups is 2. The lowest BCUT2D eigenvalue weighted by Crippen LogP contribution is -2.28. The zero-order valence-corrected chi connectivity index (χ0v) is 23.1. The first-order chi connectivity index (χ1) is 20.2. The molecular weight excluding hydrogens is 549 g/mol. The highest BCUT2D eigenvalue weighted by atomic mass is 19.4. The molecule has 2 N–H and O–H groups in total. The Kier molecular flexibility index (Phi) is 9.50. The highest BCUT2D eigenvalue weighted by molar-refractivity contribution is 5.90. The van der Waals surface area contributed by atoms with E-state index in [0.717, 1.165) is 29.7 Å². The molecule has 0 bridgehead atoms. The predicted octanol–water partition coefficient (Wildman–Crippen LogP) is 6.29. The molecule has 1 saturated heterocycles. The zero-order valence-electron chi connectivity index (χ0n) is 23.1. The summed E-state index contributed by atoms with van der Waals surface area (Å²) >= 11 is 0. The van der Waals surface area contributed by atoms with Gasteiger partial charge in [0.05, 0.1) is 29.4 Å². The summed E-state index contributed by atoms with van der Waals surface area (Å²) in [5.41, 5.74) is 1.67. The van der Waals surface area contributed by atoms with Gasteiger partial charge in [-0.2, -0.15) is 13.2 Å².